The van der Waals surface area contributed by atoms with Crippen LogP contribution in [0.15, 0.2) is 95.9 Å². The quantitative estimate of drug-likeness (QED) is 0.145. The Bertz CT molecular complexity index is 1860. The summed E-state index contributed by atoms with van der Waals surface area (Å²) in [5, 5.41) is 3.49. The predicted molar refractivity (Wildman–Crippen MR) is 189 cm³/mol. The second kappa shape index (κ2) is 16.9. The van der Waals surface area contributed by atoms with E-state index < -0.39 is 40.2 Å². The molecule has 0 aliphatic heterocycles. The molecule has 0 fully saturated rings. The maximum Gasteiger partial charge on any atom is 0.264 e. The molecule has 49 heavy (non-hydrogen) atoms. The number of hydrogen-bond donors (Lipinski definition) is 1. The number of sulfonamides is 1. The number of halogens is 3. The largest absolute Gasteiger partial charge is 0.493 e. The fourth-order valence-corrected chi connectivity index (χ4v) is 6.80. The Morgan fingerprint density at radius 1 is 0.837 bits per heavy atom. The molecule has 4 rings (SSSR count). The smallest absolute Gasteiger partial charge is 0.264 e. The van der Waals surface area contributed by atoms with Gasteiger partial charge in [-0.15, -0.1) is 0 Å². The zero-order valence-corrected chi connectivity index (χ0v) is 29.9. The number of ether oxygens (including phenoxy) is 2. The summed E-state index contributed by atoms with van der Waals surface area (Å²) >= 11 is 12.5. The highest BCUT2D eigenvalue weighted by molar-refractivity contribution is 7.92. The second-order valence-corrected chi connectivity index (χ2v) is 14.3. The Hall–Kier alpha value is -4.32. The number of carbonyl (C=O) groups is 2. The summed E-state index contributed by atoms with van der Waals surface area (Å²) in [7, 11) is -1.69. The van der Waals surface area contributed by atoms with Crippen molar-refractivity contribution < 1.29 is 31.9 Å². The van der Waals surface area contributed by atoms with E-state index in [1.165, 1.54) is 49.5 Å². The van der Waals surface area contributed by atoms with Crippen LogP contribution >= 0.6 is 23.2 Å². The average Bonchev–Trinajstić information content (AvgIpc) is 3.09. The van der Waals surface area contributed by atoms with Crippen molar-refractivity contribution in [2.24, 2.45) is 5.92 Å². The molecule has 0 aliphatic carbocycles. The third-order valence-corrected chi connectivity index (χ3v) is 10.1. The highest BCUT2D eigenvalue weighted by atomic mass is 35.5. The topological polar surface area (TPSA) is 105 Å². The van der Waals surface area contributed by atoms with Gasteiger partial charge in [0.15, 0.2) is 11.5 Å². The molecule has 13 heteroatoms. The second-order valence-electron chi connectivity index (χ2n) is 11.6. The van der Waals surface area contributed by atoms with Crippen molar-refractivity contribution >= 4 is 50.7 Å². The SMILES string of the molecule is COc1ccc(S(=O)(=O)N(CC(=O)N(Cc2ccc(Cl)c(Cl)c2)[C@@H](Cc2ccccc2)C(=O)NCC(C)C)c2ccc(F)cc2)cc1OC. The lowest BCUT2D eigenvalue weighted by molar-refractivity contribution is -0.140. The van der Waals surface area contributed by atoms with Crippen LogP contribution in [0.2, 0.25) is 10.0 Å². The van der Waals surface area contributed by atoms with E-state index in [9.17, 15) is 22.4 Å². The normalized spacial score (nSPS) is 11.9. The van der Waals surface area contributed by atoms with Gasteiger partial charge in [-0.2, -0.15) is 0 Å². The molecule has 1 N–H and O–H groups in total. The summed E-state index contributed by atoms with van der Waals surface area (Å²) in [6, 6.07) is 21.7. The van der Waals surface area contributed by atoms with Gasteiger partial charge in [-0.1, -0.05) is 73.4 Å². The minimum absolute atomic E-state index is 0.0305. The molecule has 0 saturated heterocycles. The minimum Gasteiger partial charge on any atom is -0.493 e. The summed E-state index contributed by atoms with van der Waals surface area (Å²) in [6.45, 7) is 3.42. The number of hydrogen-bond acceptors (Lipinski definition) is 6. The lowest BCUT2D eigenvalue weighted by Crippen LogP contribution is -2.53. The highest BCUT2D eigenvalue weighted by Crippen LogP contribution is 2.33. The molecule has 0 saturated carbocycles. The van der Waals surface area contributed by atoms with Gasteiger partial charge in [0.25, 0.3) is 10.0 Å². The molecule has 2 amide bonds. The Balaban J connectivity index is 1.83. The van der Waals surface area contributed by atoms with Gasteiger partial charge >= 0.3 is 0 Å². The van der Waals surface area contributed by atoms with Crippen molar-refractivity contribution in [3.63, 3.8) is 0 Å². The number of nitrogens with one attached hydrogen (secondary N) is 1. The first-order chi connectivity index (χ1) is 23.3. The molecule has 1 atom stereocenters. The molecule has 0 aromatic heterocycles. The Labute approximate surface area is 296 Å². The summed E-state index contributed by atoms with van der Waals surface area (Å²) in [4.78, 5) is 29.6. The molecule has 0 aliphatic rings. The van der Waals surface area contributed by atoms with Gasteiger partial charge in [0.2, 0.25) is 11.8 Å². The third-order valence-electron chi connectivity index (χ3n) is 7.63. The number of methoxy groups -OCH3 is 2. The van der Waals surface area contributed by atoms with Crippen LogP contribution in [0.3, 0.4) is 0 Å². The Morgan fingerprint density at radius 2 is 1.51 bits per heavy atom. The molecule has 0 heterocycles. The van der Waals surface area contributed by atoms with Crippen LogP contribution in [0.5, 0.6) is 11.5 Å². The van der Waals surface area contributed by atoms with Crippen LogP contribution < -0.4 is 19.1 Å². The van der Waals surface area contributed by atoms with E-state index in [0.717, 1.165) is 22.0 Å². The summed E-state index contributed by atoms with van der Waals surface area (Å²) in [5.41, 5.74) is 1.38. The molecule has 0 radical (unpaired) electrons. The summed E-state index contributed by atoms with van der Waals surface area (Å²) in [6.07, 6.45) is 0.136. The maximum absolute atomic E-state index is 14.6. The lowest BCUT2D eigenvalue weighted by Gasteiger charge is -2.34. The standard InChI is InChI=1S/C36H38Cl2FN3O6S/c1-24(2)21-40-36(44)32(19-25-8-6-5-7-9-25)41(22-26-10-16-30(37)31(38)18-26)35(43)23-42(28-13-11-27(39)12-14-28)49(45,46)29-15-17-33(47-3)34(20-29)48-4/h5-18,20,24,32H,19,21-23H2,1-4H3,(H,40,44)/t32-/m0/s1. The Morgan fingerprint density at radius 3 is 2.12 bits per heavy atom. The van der Waals surface area contributed by atoms with E-state index >= 15 is 0 Å². The van der Waals surface area contributed by atoms with E-state index in [-0.39, 0.29) is 40.2 Å². The fraction of sp³-hybridized carbons (Fsp3) is 0.278. The number of nitrogens with zero attached hydrogens (tertiary/aromatic N) is 2. The summed E-state index contributed by atoms with van der Waals surface area (Å²) < 4.78 is 54.1. The van der Waals surface area contributed by atoms with Gasteiger partial charge in [-0.25, -0.2) is 12.8 Å². The number of amides is 2. The van der Waals surface area contributed by atoms with Crippen LogP contribution in [0.25, 0.3) is 0 Å². The van der Waals surface area contributed by atoms with E-state index in [4.69, 9.17) is 32.7 Å². The van der Waals surface area contributed by atoms with Gasteiger partial charge in [-0.3, -0.25) is 13.9 Å². The first-order valence-corrected chi connectivity index (χ1v) is 17.6. The predicted octanol–water partition coefficient (Wildman–Crippen LogP) is 6.76. The average molecular weight is 731 g/mol. The van der Waals surface area contributed by atoms with E-state index in [1.807, 2.05) is 44.2 Å². The molecule has 4 aromatic rings. The molecule has 4 aromatic carbocycles. The third kappa shape index (κ3) is 9.65. The molecule has 0 spiro atoms. The van der Waals surface area contributed by atoms with Crippen molar-refractivity contribution in [3.05, 3.63) is 118 Å². The van der Waals surface area contributed by atoms with Crippen molar-refractivity contribution in [2.75, 3.05) is 31.6 Å². The number of benzene rings is 4. The number of carbonyl (C=O) groups excluding carboxylic acids is 2. The molecule has 0 unspecified atom stereocenters. The van der Waals surface area contributed by atoms with Crippen LogP contribution in [0, 0.1) is 11.7 Å². The molecular weight excluding hydrogens is 692 g/mol. The van der Waals surface area contributed by atoms with Crippen LogP contribution in [0.4, 0.5) is 10.1 Å². The fourth-order valence-electron chi connectivity index (χ4n) is 5.05. The van der Waals surface area contributed by atoms with Gasteiger partial charge in [0.05, 0.1) is 34.8 Å². The lowest BCUT2D eigenvalue weighted by atomic mass is 10.0. The van der Waals surface area contributed by atoms with Crippen LogP contribution in [0.1, 0.15) is 25.0 Å². The van der Waals surface area contributed by atoms with E-state index in [2.05, 4.69) is 5.32 Å². The molecule has 260 valence electrons. The Kier molecular flexibility index (Phi) is 12.9. The van der Waals surface area contributed by atoms with Gasteiger partial charge in [-0.05, 0) is 65.6 Å². The highest BCUT2D eigenvalue weighted by Gasteiger charge is 2.35. The molecule has 9 nitrogen and oxygen atoms in total. The first kappa shape index (κ1) is 37.5. The number of rotatable bonds is 15. The van der Waals surface area contributed by atoms with E-state index in [1.54, 1.807) is 18.2 Å². The van der Waals surface area contributed by atoms with Crippen molar-refractivity contribution in [1.82, 2.24) is 10.2 Å². The van der Waals surface area contributed by atoms with Gasteiger partial charge < -0.3 is 19.7 Å². The maximum atomic E-state index is 14.6. The van der Waals surface area contributed by atoms with Crippen LogP contribution in [-0.4, -0.2) is 58.5 Å². The zero-order chi connectivity index (χ0) is 35.7. The minimum atomic E-state index is -4.48. The van der Waals surface area contributed by atoms with Crippen LogP contribution in [-0.2, 0) is 32.6 Å². The number of anilines is 1. The molecular formula is C36H38Cl2FN3O6S. The summed E-state index contributed by atoms with van der Waals surface area (Å²) in [5.74, 6) is -1.12. The zero-order valence-electron chi connectivity index (χ0n) is 27.5. The van der Waals surface area contributed by atoms with Crippen molar-refractivity contribution in [1.29, 1.82) is 0 Å². The van der Waals surface area contributed by atoms with E-state index in [0.29, 0.717) is 22.9 Å². The molecule has 0 bridgehead atoms. The van der Waals surface area contributed by atoms with Gasteiger partial charge in [0.1, 0.15) is 18.4 Å². The first-order valence-electron chi connectivity index (χ1n) is 15.4. The van der Waals surface area contributed by atoms with Gasteiger partial charge in [0, 0.05) is 25.6 Å². The van der Waals surface area contributed by atoms with Crippen molar-refractivity contribution in [2.45, 2.75) is 37.8 Å². The van der Waals surface area contributed by atoms with Crippen molar-refractivity contribution in [3.8, 4) is 11.5 Å². The monoisotopic (exact) mass is 729 g/mol.